The molecule has 0 N–H and O–H groups in total. The number of allylic oxidation sites excluding steroid dienone is 1. The number of thiazole rings is 1. The Bertz CT molecular complexity index is 1230. The minimum atomic E-state index is 0. The number of benzene rings is 3. The fraction of sp³-hybridized carbons (Fsp3) is 0.250. The number of halogens is 1. The fourth-order valence-electron chi connectivity index (χ4n) is 4.80. The van der Waals surface area contributed by atoms with Gasteiger partial charge in [0.1, 0.15) is 11.2 Å². The average Bonchev–Trinajstić information content (AvgIpc) is 3.29. The van der Waals surface area contributed by atoms with Gasteiger partial charge in [-0.2, -0.15) is 0 Å². The van der Waals surface area contributed by atoms with E-state index in [0.717, 1.165) is 30.0 Å². The van der Waals surface area contributed by atoms with Crippen molar-refractivity contribution >= 4 is 62.5 Å². The van der Waals surface area contributed by atoms with Crippen molar-refractivity contribution in [3.8, 4) is 0 Å². The minimum Gasteiger partial charge on any atom is -0.321 e. The lowest BCUT2D eigenvalue weighted by atomic mass is 9.90. The molecule has 0 saturated heterocycles. The van der Waals surface area contributed by atoms with Gasteiger partial charge in [0.05, 0.1) is 10.2 Å². The quantitative estimate of drug-likeness (QED) is 0.230. The molecule has 170 valence electrons. The number of aromatic nitrogens is 1. The van der Waals surface area contributed by atoms with Crippen molar-refractivity contribution in [2.45, 2.75) is 33.4 Å². The number of hydrogen-bond acceptors (Lipinski definition) is 4. The standard InChI is InChI=1S/C28H29N3S.HI/c1-4-30(5-2)28-23(20(3)27-29-24-16-10-12-18-26(24)32-27)19-21-13-9-11-17-25(21)31(28)22-14-7-6-8-15-22;/h6-18,28H,4-5,19H2,1-3H3;1H. The van der Waals surface area contributed by atoms with E-state index in [0.29, 0.717) is 0 Å². The van der Waals surface area contributed by atoms with E-state index in [1.807, 2.05) is 0 Å². The second-order valence-corrected chi connectivity index (χ2v) is 9.27. The van der Waals surface area contributed by atoms with Crippen molar-refractivity contribution in [1.29, 1.82) is 0 Å². The molecular formula is C28H30IN3S. The molecule has 1 aromatic heterocycles. The van der Waals surface area contributed by atoms with Crippen molar-refractivity contribution in [3.05, 3.63) is 95.0 Å². The van der Waals surface area contributed by atoms with E-state index in [4.69, 9.17) is 4.98 Å². The Kier molecular flexibility index (Phi) is 7.51. The molecule has 2 heterocycles. The van der Waals surface area contributed by atoms with Crippen molar-refractivity contribution in [2.24, 2.45) is 0 Å². The Morgan fingerprint density at radius 3 is 2.33 bits per heavy atom. The van der Waals surface area contributed by atoms with Crippen LogP contribution in [0.25, 0.3) is 15.8 Å². The van der Waals surface area contributed by atoms with Crippen LogP contribution in [0.3, 0.4) is 0 Å². The molecule has 0 saturated carbocycles. The van der Waals surface area contributed by atoms with Gasteiger partial charge in [-0.05, 0) is 73.5 Å². The highest BCUT2D eigenvalue weighted by molar-refractivity contribution is 14.0. The van der Waals surface area contributed by atoms with E-state index in [1.165, 1.54) is 32.8 Å². The van der Waals surface area contributed by atoms with Gasteiger partial charge in [0.25, 0.3) is 0 Å². The molecule has 1 aliphatic rings. The molecule has 1 aliphatic heterocycles. The Labute approximate surface area is 217 Å². The summed E-state index contributed by atoms with van der Waals surface area (Å²) in [4.78, 5) is 10.1. The van der Waals surface area contributed by atoms with Crippen LogP contribution in [0.1, 0.15) is 31.3 Å². The Morgan fingerprint density at radius 2 is 1.61 bits per heavy atom. The monoisotopic (exact) mass is 567 g/mol. The first-order chi connectivity index (χ1) is 15.7. The normalized spacial score (nSPS) is 17.1. The average molecular weight is 568 g/mol. The van der Waals surface area contributed by atoms with Crippen molar-refractivity contribution in [1.82, 2.24) is 9.88 Å². The van der Waals surface area contributed by atoms with E-state index in [1.54, 1.807) is 11.3 Å². The summed E-state index contributed by atoms with van der Waals surface area (Å²) in [7, 11) is 0. The highest BCUT2D eigenvalue weighted by Gasteiger charge is 2.35. The predicted octanol–water partition coefficient (Wildman–Crippen LogP) is 7.75. The third-order valence-electron chi connectivity index (χ3n) is 6.48. The van der Waals surface area contributed by atoms with Crippen LogP contribution in [0, 0.1) is 0 Å². The first-order valence-corrected chi connectivity index (χ1v) is 12.2. The maximum absolute atomic E-state index is 5.01. The van der Waals surface area contributed by atoms with E-state index in [-0.39, 0.29) is 30.1 Å². The summed E-state index contributed by atoms with van der Waals surface area (Å²) in [5, 5.41) is 1.13. The van der Waals surface area contributed by atoms with E-state index < -0.39 is 0 Å². The van der Waals surface area contributed by atoms with Crippen LogP contribution in [0.2, 0.25) is 0 Å². The molecule has 33 heavy (non-hydrogen) atoms. The first-order valence-electron chi connectivity index (χ1n) is 11.4. The lowest BCUT2D eigenvalue weighted by Crippen LogP contribution is -2.50. The maximum atomic E-state index is 5.01. The molecular weight excluding hydrogens is 537 g/mol. The van der Waals surface area contributed by atoms with Gasteiger partial charge in [0, 0.05) is 11.4 Å². The summed E-state index contributed by atoms with van der Waals surface area (Å²) in [6, 6.07) is 28.1. The molecule has 3 nitrogen and oxygen atoms in total. The van der Waals surface area contributed by atoms with E-state index >= 15 is 0 Å². The third kappa shape index (κ3) is 4.46. The van der Waals surface area contributed by atoms with Gasteiger partial charge in [-0.25, -0.2) is 4.98 Å². The summed E-state index contributed by atoms with van der Waals surface area (Å²) in [5.74, 6) is 0. The largest absolute Gasteiger partial charge is 0.321 e. The third-order valence-corrected chi connectivity index (χ3v) is 7.63. The van der Waals surface area contributed by atoms with Crippen molar-refractivity contribution in [3.63, 3.8) is 0 Å². The first kappa shape index (κ1) is 23.9. The molecule has 0 aliphatic carbocycles. The molecule has 0 bridgehead atoms. The predicted molar refractivity (Wildman–Crippen MR) is 153 cm³/mol. The zero-order chi connectivity index (χ0) is 22.1. The number of rotatable bonds is 5. The van der Waals surface area contributed by atoms with Gasteiger partial charge in [0.15, 0.2) is 0 Å². The van der Waals surface area contributed by atoms with E-state index in [2.05, 4.69) is 109 Å². The van der Waals surface area contributed by atoms with Gasteiger partial charge < -0.3 is 4.90 Å². The van der Waals surface area contributed by atoms with Crippen molar-refractivity contribution in [2.75, 3.05) is 18.0 Å². The minimum absolute atomic E-state index is 0. The zero-order valence-electron chi connectivity index (χ0n) is 19.4. The Balaban J connectivity index is 0.00000259. The van der Waals surface area contributed by atoms with Gasteiger partial charge in [-0.1, -0.05) is 62.4 Å². The Morgan fingerprint density at radius 1 is 0.939 bits per heavy atom. The second kappa shape index (κ2) is 10.4. The van der Waals surface area contributed by atoms with Crippen LogP contribution in [0.15, 0.2) is 84.4 Å². The molecule has 4 aromatic rings. The number of fused-ring (bicyclic) bond motifs is 2. The summed E-state index contributed by atoms with van der Waals surface area (Å²) in [6.07, 6.45) is 1.11. The van der Waals surface area contributed by atoms with Crippen LogP contribution >= 0.6 is 35.3 Å². The van der Waals surface area contributed by atoms with Gasteiger partial charge in [-0.15, -0.1) is 35.3 Å². The molecule has 0 amide bonds. The molecule has 1 unspecified atom stereocenters. The van der Waals surface area contributed by atoms with E-state index in [9.17, 15) is 0 Å². The maximum Gasteiger partial charge on any atom is 0.120 e. The molecule has 3 aromatic carbocycles. The summed E-state index contributed by atoms with van der Waals surface area (Å²) in [5.41, 5.74) is 7.73. The highest BCUT2D eigenvalue weighted by atomic mass is 127. The number of nitrogens with zero attached hydrogens (tertiary/aromatic N) is 3. The Hall–Kier alpha value is -2.22. The van der Waals surface area contributed by atoms with Crippen LogP contribution in [0.5, 0.6) is 0 Å². The zero-order valence-corrected chi connectivity index (χ0v) is 22.5. The second-order valence-electron chi connectivity index (χ2n) is 8.24. The molecule has 0 radical (unpaired) electrons. The number of anilines is 2. The molecule has 0 spiro atoms. The number of likely N-dealkylation sites (N-methyl/N-ethyl adjacent to an activating group) is 1. The summed E-state index contributed by atoms with van der Waals surface area (Å²) < 4.78 is 1.25. The molecule has 0 fully saturated rings. The number of hydrogen-bond donors (Lipinski definition) is 0. The fourth-order valence-corrected chi connectivity index (χ4v) is 5.80. The van der Waals surface area contributed by atoms with Crippen LogP contribution in [-0.4, -0.2) is 29.1 Å². The summed E-state index contributed by atoms with van der Waals surface area (Å²) in [6.45, 7) is 8.77. The van der Waals surface area contributed by atoms with Crippen LogP contribution in [-0.2, 0) is 6.42 Å². The molecule has 1 atom stereocenters. The summed E-state index contributed by atoms with van der Waals surface area (Å²) >= 11 is 1.80. The molecule has 5 heteroatoms. The van der Waals surface area contributed by atoms with Gasteiger partial charge in [-0.3, -0.25) is 4.90 Å². The van der Waals surface area contributed by atoms with Gasteiger partial charge >= 0.3 is 0 Å². The topological polar surface area (TPSA) is 19.4 Å². The lowest BCUT2D eigenvalue weighted by molar-refractivity contribution is 0.242. The highest BCUT2D eigenvalue weighted by Crippen LogP contribution is 2.43. The molecule has 5 rings (SSSR count). The van der Waals surface area contributed by atoms with Crippen LogP contribution < -0.4 is 4.90 Å². The van der Waals surface area contributed by atoms with Crippen molar-refractivity contribution < 1.29 is 0 Å². The lowest BCUT2D eigenvalue weighted by Gasteiger charge is -2.46. The van der Waals surface area contributed by atoms with Crippen LogP contribution in [0.4, 0.5) is 11.4 Å². The SMILES string of the molecule is CCN(CC)C1C(=C(C)c2nc3ccccc3s2)Cc2ccccc2N1c1ccccc1.I. The number of para-hydroxylation sites is 3. The van der Waals surface area contributed by atoms with Gasteiger partial charge in [0.2, 0.25) is 0 Å². The smallest absolute Gasteiger partial charge is 0.120 e.